The number of hydrogen-bond donors (Lipinski definition) is 1. The summed E-state index contributed by atoms with van der Waals surface area (Å²) < 4.78 is 50.6. The smallest absolute Gasteiger partial charge is 0.252 e. The molecule has 1 aromatic carbocycles. The lowest BCUT2D eigenvalue weighted by Gasteiger charge is -2.34. The van der Waals surface area contributed by atoms with Gasteiger partial charge in [0, 0.05) is 43.2 Å². The van der Waals surface area contributed by atoms with Crippen LogP contribution in [0.4, 0.5) is 23.0 Å². The van der Waals surface area contributed by atoms with Gasteiger partial charge in [-0.3, -0.25) is 24.4 Å². The molecule has 3 aromatic rings. The van der Waals surface area contributed by atoms with Gasteiger partial charge in [0.15, 0.2) is 6.19 Å². The lowest BCUT2D eigenvalue weighted by molar-refractivity contribution is -0.126. The second kappa shape index (κ2) is 12.2. The number of pyridine rings is 2. The second-order valence-corrected chi connectivity index (χ2v) is 10.0. The van der Waals surface area contributed by atoms with E-state index < -0.39 is 46.1 Å². The van der Waals surface area contributed by atoms with Crippen molar-refractivity contribution >= 4 is 34.4 Å². The van der Waals surface area contributed by atoms with Crippen molar-refractivity contribution in [1.29, 1.82) is 5.26 Å². The first-order valence-corrected chi connectivity index (χ1v) is 13.2. The molecule has 0 spiro atoms. The van der Waals surface area contributed by atoms with E-state index in [0.717, 1.165) is 29.2 Å². The number of amides is 2. The molecular weight excluding hydrogens is 549 g/mol. The fraction of sp³-hybridized carbons (Fsp3) is 0.269. The monoisotopic (exact) mass is 574 g/mol. The molecule has 0 aliphatic carbocycles. The summed E-state index contributed by atoms with van der Waals surface area (Å²) in [5.74, 6) is -1.02. The number of hydrogen-bond acceptors (Lipinski definition) is 8. The average molecular weight is 575 g/mol. The topological polar surface area (TPSA) is 121 Å². The molecule has 40 heavy (non-hydrogen) atoms. The quantitative estimate of drug-likeness (QED) is 0.369. The van der Waals surface area contributed by atoms with E-state index in [-0.39, 0.29) is 18.7 Å². The van der Waals surface area contributed by atoms with Crippen LogP contribution in [-0.4, -0.2) is 59.6 Å². The molecule has 10 nitrogen and oxygen atoms in total. The minimum atomic E-state index is -5.52. The molecule has 1 saturated heterocycles. The van der Waals surface area contributed by atoms with Crippen LogP contribution in [0.1, 0.15) is 18.0 Å². The van der Waals surface area contributed by atoms with Gasteiger partial charge in [-0.2, -0.15) is 5.26 Å². The summed E-state index contributed by atoms with van der Waals surface area (Å²) in [5.41, 5.74) is 0.625. The minimum Gasteiger partial charge on any atom is -0.481 e. The number of nitriles is 1. The average Bonchev–Trinajstić information content (AvgIpc) is 3.40. The summed E-state index contributed by atoms with van der Waals surface area (Å²) in [6, 6.07) is 7.85. The third-order valence-electron chi connectivity index (χ3n) is 6.35. The summed E-state index contributed by atoms with van der Waals surface area (Å²) in [5, 5.41) is 12.4. The van der Waals surface area contributed by atoms with Gasteiger partial charge in [-0.05, 0) is 36.4 Å². The van der Waals surface area contributed by atoms with E-state index in [1.807, 2.05) is 6.19 Å². The van der Waals surface area contributed by atoms with Crippen LogP contribution in [0.15, 0.2) is 72.0 Å². The Morgan fingerprint density at radius 2 is 1.90 bits per heavy atom. The Balaban J connectivity index is 1.81. The largest absolute Gasteiger partial charge is 0.481 e. The summed E-state index contributed by atoms with van der Waals surface area (Å²) in [7, 11) is 2.90. The molecule has 210 valence electrons. The lowest BCUT2D eigenvalue weighted by Crippen LogP contribution is -2.49. The van der Waals surface area contributed by atoms with Gasteiger partial charge >= 0.3 is 0 Å². The van der Waals surface area contributed by atoms with Gasteiger partial charge in [-0.15, -0.1) is 11.7 Å². The maximum absolute atomic E-state index is 14.1. The number of nitrogens with one attached hydrogen (secondary N) is 1. The highest BCUT2D eigenvalue weighted by atomic mass is 32.3. The zero-order valence-corrected chi connectivity index (χ0v) is 22.2. The molecule has 0 unspecified atom stereocenters. The van der Waals surface area contributed by atoms with Crippen LogP contribution in [0.5, 0.6) is 5.88 Å². The first-order chi connectivity index (χ1) is 19.2. The van der Waals surface area contributed by atoms with E-state index in [1.165, 1.54) is 43.8 Å². The van der Waals surface area contributed by atoms with Crippen molar-refractivity contribution < 1.29 is 30.7 Å². The number of aromatic nitrogens is 2. The highest BCUT2D eigenvalue weighted by Crippen LogP contribution is 2.60. The predicted molar refractivity (Wildman–Crippen MR) is 141 cm³/mol. The van der Waals surface area contributed by atoms with Crippen molar-refractivity contribution in [3.63, 3.8) is 0 Å². The number of rotatable bonds is 9. The maximum atomic E-state index is 14.1. The first-order valence-electron chi connectivity index (χ1n) is 11.9. The first kappa shape index (κ1) is 28.7. The van der Waals surface area contributed by atoms with Crippen LogP contribution in [0.2, 0.25) is 0 Å². The van der Waals surface area contributed by atoms with Crippen LogP contribution < -0.4 is 15.0 Å². The summed E-state index contributed by atoms with van der Waals surface area (Å²) >= 11 is -5.52. The van der Waals surface area contributed by atoms with Gasteiger partial charge in [-0.1, -0.05) is 6.07 Å². The van der Waals surface area contributed by atoms with Crippen molar-refractivity contribution in [1.82, 2.24) is 14.9 Å². The predicted octanol–water partition coefficient (Wildman–Crippen LogP) is 4.59. The van der Waals surface area contributed by atoms with E-state index in [9.17, 15) is 26.5 Å². The number of likely N-dealkylation sites (tertiary alicyclic amines) is 1. The molecule has 0 radical (unpaired) electrons. The highest BCUT2D eigenvalue weighted by molar-refractivity contribution is 8.20. The van der Waals surface area contributed by atoms with Crippen molar-refractivity contribution in [2.75, 3.05) is 31.0 Å². The maximum Gasteiger partial charge on any atom is 0.252 e. The van der Waals surface area contributed by atoms with Crippen LogP contribution in [0, 0.1) is 11.5 Å². The van der Waals surface area contributed by atoms with Gasteiger partial charge in [0.05, 0.1) is 36.5 Å². The number of benzene rings is 1. The molecule has 3 atom stereocenters. The molecule has 1 aliphatic heterocycles. The number of carbonyl (C=O) groups excluding carboxylic acids is 2. The lowest BCUT2D eigenvalue weighted by atomic mass is 10.0. The minimum absolute atomic E-state index is 0.0352. The number of ether oxygens (including phenoxy) is 2. The summed E-state index contributed by atoms with van der Waals surface area (Å²) in [4.78, 5) is 37.6. The third kappa shape index (κ3) is 6.27. The van der Waals surface area contributed by atoms with E-state index in [2.05, 4.69) is 15.3 Å². The van der Waals surface area contributed by atoms with Crippen molar-refractivity contribution in [3.05, 3.63) is 72.7 Å². The highest BCUT2D eigenvalue weighted by Gasteiger charge is 2.43. The Bertz CT molecular complexity index is 1370. The fourth-order valence-corrected chi connectivity index (χ4v) is 4.82. The number of nitrogens with zero attached hydrogens (tertiary/aromatic N) is 5. The van der Waals surface area contributed by atoms with Gasteiger partial charge in [0.1, 0.15) is 12.1 Å². The molecule has 4 rings (SSSR count). The van der Waals surface area contributed by atoms with Crippen LogP contribution in [0.25, 0.3) is 0 Å². The molecule has 0 bridgehead atoms. The van der Waals surface area contributed by atoms with E-state index >= 15 is 0 Å². The molecule has 1 fully saturated rings. The van der Waals surface area contributed by atoms with Crippen molar-refractivity contribution in [2.24, 2.45) is 0 Å². The van der Waals surface area contributed by atoms with E-state index in [0.29, 0.717) is 17.1 Å². The summed E-state index contributed by atoms with van der Waals surface area (Å²) in [6.45, 7) is 0.148. The Morgan fingerprint density at radius 1 is 1.15 bits per heavy atom. The SMILES string of the molecule is COc1ccc(NC(=O)[C@@H](c2cccnc2)N(C(=O)[C@H]2C[C@@H](OC)CN2C#N)c2ccc(S(F)(F)F)cc2)cn1. The molecule has 1 N–H and O–H groups in total. The normalized spacial score (nSPS) is 17.9. The van der Waals surface area contributed by atoms with Crippen LogP contribution in [0.3, 0.4) is 0 Å². The standard InChI is InChI=1S/C26H25F3N6O4S/c1-38-20-12-22(34(15-20)16-30)26(37)35(19-6-8-21(9-7-19)40(27,28)29)24(17-4-3-11-31-13-17)25(36)33-18-5-10-23(39-2)32-14-18/h3-11,13-14,20,22,24H,12,15H2,1-2H3,(H,33,36)/t20-,22-,24-/m1/s1. The number of halogens is 3. The van der Waals surface area contributed by atoms with Crippen molar-refractivity contribution in [3.8, 4) is 12.1 Å². The second-order valence-electron chi connectivity index (χ2n) is 8.74. The van der Waals surface area contributed by atoms with E-state index in [1.54, 1.807) is 18.2 Å². The molecule has 3 heterocycles. The zero-order chi connectivity index (χ0) is 28.9. The van der Waals surface area contributed by atoms with E-state index in [4.69, 9.17) is 9.47 Å². The van der Waals surface area contributed by atoms with Crippen molar-refractivity contribution in [2.45, 2.75) is 29.5 Å². The van der Waals surface area contributed by atoms with Gasteiger partial charge in [0.2, 0.25) is 17.1 Å². The Hall–Kier alpha value is -4.35. The molecule has 14 heteroatoms. The third-order valence-corrected chi connectivity index (χ3v) is 7.16. The van der Waals surface area contributed by atoms with Gasteiger partial charge in [-0.25, -0.2) is 4.98 Å². The molecular formula is C26H25F3N6O4S. The fourth-order valence-electron chi connectivity index (χ4n) is 4.38. The summed E-state index contributed by atoms with van der Waals surface area (Å²) in [6.07, 6.45) is 5.93. The number of methoxy groups -OCH3 is 2. The van der Waals surface area contributed by atoms with Gasteiger partial charge < -0.3 is 14.8 Å². The molecule has 1 aliphatic rings. The van der Waals surface area contributed by atoms with Gasteiger partial charge in [0.25, 0.3) is 11.8 Å². The molecule has 2 amide bonds. The van der Waals surface area contributed by atoms with Crippen LogP contribution >= 0.6 is 11.2 Å². The number of anilines is 2. The Kier molecular flexibility index (Phi) is 8.76. The molecule has 2 aromatic heterocycles. The van der Waals surface area contributed by atoms with Crippen LogP contribution in [-0.2, 0) is 14.3 Å². The Morgan fingerprint density at radius 3 is 2.45 bits per heavy atom. The Labute approximate surface area is 230 Å². The number of carbonyl (C=O) groups is 2. The zero-order valence-electron chi connectivity index (χ0n) is 21.4. The molecule has 0 saturated carbocycles.